The highest BCUT2D eigenvalue weighted by Crippen LogP contribution is 2.40. The summed E-state index contributed by atoms with van der Waals surface area (Å²) < 4.78 is 41.1. The van der Waals surface area contributed by atoms with Gasteiger partial charge in [0.15, 0.2) is 5.75 Å². The SMILES string of the molecule is O=C1CCc2ccc(OCCCCN3CCN(c4ccc(OS(=O)(=O)O)c(Cl)c4Cl)CC3)cc2N1. The van der Waals surface area contributed by atoms with Gasteiger partial charge in [-0.1, -0.05) is 29.3 Å². The summed E-state index contributed by atoms with van der Waals surface area (Å²) in [6.45, 7) is 4.74. The van der Waals surface area contributed by atoms with Crippen molar-refractivity contribution in [3.63, 3.8) is 0 Å². The van der Waals surface area contributed by atoms with Gasteiger partial charge >= 0.3 is 10.4 Å². The largest absolute Gasteiger partial charge is 0.494 e. The quantitative estimate of drug-likeness (QED) is 0.360. The molecule has 1 amide bonds. The number of carbonyl (C=O) groups is 1. The second-order valence-corrected chi connectivity index (χ2v) is 10.3. The smallest absolute Gasteiger partial charge is 0.446 e. The second-order valence-electron chi connectivity index (χ2n) is 8.47. The number of rotatable bonds is 9. The van der Waals surface area contributed by atoms with Gasteiger partial charge in [-0.15, -0.1) is 0 Å². The molecule has 0 aliphatic carbocycles. The average Bonchev–Trinajstić information content (AvgIpc) is 2.81. The molecule has 0 saturated carbocycles. The molecule has 4 rings (SSSR count). The fourth-order valence-corrected chi connectivity index (χ4v) is 5.11. The number of carbonyl (C=O) groups excluding carboxylic acids is 1. The number of amides is 1. The van der Waals surface area contributed by atoms with Gasteiger partial charge in [0, 0.05) is 44.4 Å². The maximum atomic E-state index is 11.6. The molecule has 0 spiro atoms. The molecule has 0 aromatic heterocycles. The highest BCUT2D eigenvalue weighted by molar-refractivity contribution is 7.81. The van der Waals surface area contributed by atoms with Crippen LogP contribution in [0.4, 0.5) is 11.4 Å². The Morgan fingerprint density at radius 2 is 1.77 bits per heavy atom. The van der Waals surface area contributed by atoms with Crippen LogP contribution < -0.4 is 19.1 Å². The second kappa shape index (κ2) is 11.2. The zero-order valence-electron chi connectivity index (χ0n) is 19.0. The summed E-state index contributed by atoms with van der Waals surface area (Å²) in [6, 6.07) is 8.87. The fraction of sp³-hybridized carbons (Fsp3) is 0.435. The Morgan fingerprint density at radius 3 is 2.51 bits per heavy atom. The first-order chi connectivity index (χ1) is 16.7. The van der Waals surface area contributed by atoms with Crippen LogP contribution in [-0.4, -0.2) is 63.1 Å². The van der Waals surface area contributed by atoms with Crippen molar-refractivity contribution in [1.82, 2.24) is 4.90 Å². The van der Waals surface area contributed by atoms with Crippen LogP contribution in [0, 0.1) is 0 Å². The molecule has 0 atom stereocenters. The van der Waals surface area contributed by atoms with E-state index in [4.69, 9.17) is 32.5 Å². The standard InChI is InChI=1S/C23H27Cl2N3O6S/c24-22-19(6-7-20(23(22)25)34-35(30,31)32)28-12-10-27(11-13-28)9-1-2-14-33-17-5-3-16-4-8-21(29)26-18(16)15-17/h3,5-7,15H,1-2,4,8-14H2,(H,26,29)(H,30,31,32). The number of halogens is 2. The molecule has 2 aromatic rings. The summed E-state index contributed by atoms with van der Waals surface area (Å²) in [5.41, 5.74) is 2.68. The molecule has 12 heteroatoms. The lowest BCUT2D eigenvalue weighted by Crippen LogP contribution is -2.46. The molecule has 1 saturated heterocycles. The maximum Gasteiger partial charge on any atom is 0.446 e. The van der Waals surface area contributed by atoms with Crippen LogP contribution in [0.25, 0.3) is 0 Å². The molecule has 2 N–H and O–H groups in total. The van der Waals surface area contributed by atoms with Gasteiger partial charge in [-0.05, 0) is 49.6 Å². The Morgan fingerprint density at radius 1 is 1.00 bits per heavy atom. The number of hydrogen-bond donors (Lipinski definition) is 2. The van der Waals surface area contributed by atoms with Crippen molar-refractivity contribution in [2.75, 3.05) is 49.5 Å². The molecule has 9 nitrogen and oxygen atoms in total. The summed E-state index contributed by atoms with van der Waals surface area (Å²) in [5, 5.41) is 3.01. The summed E-state index contributed by atoms with van der Waals surface area (Å²) in [4.78, 5) is 16.0. The number of unbranched alkanes of at least 4 members (excludes halogenated alkanes) is 1. The normalized spacial score (nSPS) is 16.5. The topological polar surface area (TPSA) is 108 Å². The van der Waals surface area contributed by atoms with E-state index in [2.05, 4.69) is 19.3 Å². The monoisotopic (exact) mass is 543 g/mol. The Balaban J connectivity index is 1.19. The third-order valence-corrected chi connectivity index (χ3v) is 7.29. The lowest BCUT2D eigenvalue weighted by atomic mass is 10.0. The maximum absolute atomic E-state index is 11.6. The minimum atomic E-state index is -4.68. The lowest BCUT2D eigenvalue weighted by molar-refractivity contribution is -0.116. The van der Waals surface area contributed by atoms with Crippen LogP contribution in [0.2, 0.25) is 10.0 Å². The van der Waals surface area contributed by atoms with Crippen LogP contribution in [0.1, 0.15) is 24.8 Å². The third-order valence-electron chi connectivity index (χ3n) is 6.05. The van der Waals surface area contributed by atoms with Crippen molar-refractivity contribution < 1.29 is 26.7 Å². The Bertz CT molecular complexity index is 1190. The number of piperazine rings is 1. The van der Waals surface area contributed by atoms with Crippen molar-refractivity contribution in [2.45, 2.75) is 25.7 Å². The number of nitrogens with zero attached hydrogens (tertiary/aromatic N) is 2. The van der Waals surface area contributed by atoms with Gasteiger partial charge in [0.25, 0.3) is 0 Å². The number of nitrogens with one attached hydrogen (secondary N) is 1. The van der Waals surface area contributed by atoms with E-state index < -0.39 is 10.4 Å². The Hall–Kier alpha value is -2.24. The van der Waals surface area contributed by atoms with Gasteiger partial charge in [0.05, 0.1) is 17.3 Å². The van der Waals surface area contributed by atoms with Crippen LogP contribution >= 0.6 is 23.2 Å². The molecule has 0 bridgehead atoms. The first-order valence-electron chi connectivity index (χ1n) is 11.4. The van der Waals surface area contributed by atoms with Crippen LogP contribution in [-0.2, 0) is 21.6 Å². The molecule has 2 aromatic carbocycles. The molecule has 0 radical (unpaired) electrons. The van der Waals surface area contributed by atoms with E-state index in [1.807, 2.05) is 18.2 Å². The van der Waals surface area contributed by atoms with Crippen molar-refractivity contribution in [2.24, 2.45) is 0 Å². The predicted octanol–water partition coefficient (Wildman–Crippen LogP) is 4.04. The average molecular weight is 544 g/mol. The summed E-state index contributed by atoms with van der Waals surface area (Å²) in [6.07, 6.45) is 3.21. The number of anilines is 2. The zero-order valence-corrected chi connectivity index (χ0v) is 21.3. The molecule has 2 aliphatic heterocycles. The van der Waals surface area contributed by atoms with Crippen LogP contribution in [0.5, 0.6) is 11.5 Å². The van der Waals surface area contributed by atoms with Gasteiger partial charge in [0.2, 0.25) is 5.91 Å². The van der Waals surface area contributed by atoms with E-state index >= 15 is 0 Å². The minimum Gasteiger partial charge on any atom is -0.494 e. The molecule has 2 heterocycles. The van der Waals surface area contributed by atoms with E-state index in [0.29, 0.717) is 18.7 Å². The highest BCUT2D eigenvalue weighted by atomic mass is 35.5. The molecular weight excluding hydrogens is 517 g/mol. The van der Waals surface area contributed by atoms with Gasteiger partial charge in [-0.2, -0.15) is 8.42 Å². The highest BCUT2D eigenvalue weighted by Gasteiger charge is 2.22. The van der Waals surface area contributed by atoms with Gasteiger partial charge in [-0.25, -0.2) is 0 Å². The molecule has 0 unspecified atom stereocenters. The summed E-state index contributed by atoms with van der Waals surface area (Å²) >= 11 is 12.5. The van der Waals surface area contributed by atoms with Crippen molar-refractivity contribution >= 4 is 50.9 Å². The van der Waals surface area contributed by atoms with Crippen LogP contribution in [0.3, 0.4) is 0 Å². The number of fused-ring (bicyclic) bond motifs is 1. The molecular formula is C23H27Cl2N3O6S. The van der Waals surface area contributed by atoms with E-state index in [0.717, 1.165) is 69.0 Å². The molecule has 2 aliphatic rings. The van der Waals surface area contributed by atoms with Gasteiger partial charge in [-0.3, -0.25) is 14.2 Å². The number of aryl methyl sites for hydroxylation is 1. The van der Waals surface area contributed by atoms with Crippen molar-refractivity contribution in [3.8, 4) is 11.5 Å². The number of hydrogen-bond acceptors (Lipinski definition) is 7. The first kappa shape index (κ1) is 25.8. The first-order valence-corrected chi connectivity index (χ1v) is 13.5. The van der Waals surface area contributed by atoms with E-state index in [-0.39, 0.29) is 21.7 Å². The molecule has 35 heavy (non-hydrogen) atoms. The number of benzene rings is 2. The minimum absolute atomic E-state index is 0.0447. The lowest BCUT2D eigenvalue weighted by Gasteiger charge is -2.36. The van der Waals surface area contributed by atoms with Gasteiger partial charge in [0.1, 0.15) is 10.8 Å². The third kappa shape index (κ3) is 6.92. The van der Waals surface area contributed by atoms with E-state index in [1.54, 1.807) is 6.07 Å². The van der Waals surface area contributed by atoms with E-state index in [9.17, 15) is 13.2 Å². The van der Waals surface area contributed by atoms with Gasteiger partial charge < -0.3 is 19.1 Å². The Kier molecular flexibility index (Phi) is 8.28. The summed E-state index contributed by atoms with van der Waals surface area (Å²) in [7, 11) is -4.68. The predicted molar refractivity (Wildman–Crippen MR) is 135 cm³/mol. The molecule has 1 fully saturated rings. The van der Waals surface area contributed by atoms with Crippen molar-refractivity contribution in [1.29, 1.82) is 0 Å². The Labute approximate surface area is 214 Å². The van der Waals surface area contributed by atoms with E-state index in [1.165, 1.54) is 6.07 Å². The number of ether oxygens (including phenoxy) is 1. The van der Waals surface area contributed by atoms with Crippen LogP contribution in [0.15, 0.2) is 30.3 Å². The van der Waals surface area contributed by atoms with Crippen molar-refractivity contribution in [3.05, 3.63) is 45.9 Å². The summed E-state index contributed by atoms with van der Waals surface area (Å²) in [5.74, 6) is 0.593. The fourth-order valence-electron chi connectivity index (χ4n) is 4.22. The molecule has 190 valence electrons. The zero-order chi connectivity index (χ0) is 25.0.